The molecule has 1 amide bonds. The first-order valence-electron chi connectivity index (χ1n) is 20.4. The molecule has 25 heteroatoms. The molecule has 0 saturated carbocycles. The van der Waals surface area contributed by atoms with Gasteiger partial charge in [-0.2, -0.15) is 0 Å². The predicted molar refractivity (Wildman–Crippen MR) is 216 cm³/mol. The average molecular weight is 948 g/mol. The minimum absolute atomic E-state index is 0.113. The number of amides is 1. The second kappa shape index (κ2) is 18.7. The molecule has 4 aliphatic rings. The number of esters is 1. The number of aliphatic hydroxyl groups excluding tert-OH is 9. The number of nitrogens with one attached hydrogen (secondary N) is 1. The predicted octanol–water partition coefficient (Wildman–Crippen LogP) is -3.82. The summed E-state index contributed by atoms with van der Waals surface area (Å²) in [5.74, 6) is -6.08. The van der Waals surface area contributed by atoms with Gasteiger partial charge in [0.15, 0.2) is 35.3 Å². The molecule has 14 N–H and O–H groups in total. The second-order valence-corrected chi connectivity index (χ2v) is 16.1. The van der Waals surface area contributed by atoms with E-state index in [9.17, 15) is 80.8 Å². The Labute approximate surface area is 375 Å². The van der Waals surface area contributed by atoms with Crippen molar-refractivity contribution in [2.24, 2.45) is 0 Å². The minimum atomic E-state index is -2.30. The van der Waals surface area contributed by atoms with Crippen molar-refractivity contribution in [3.63, 3.8) is 0 Å². The van der Waals surface area contributed by atoms with Crippen LogP contribution in [0, 0.1) is 0 Å². The number of rotatable bonds is 12. The number of phenolic OH excluding ortho intramolecular Hbond substituents is 3. The Kier molecular flexibility index (Phi) is 13.3. The molecule has 0 radical (unpaired) electrons. The van der Waals surface area contributed by atoms with Crippen LogP contribution in [0.4, 0.5) is 5.69 Å². The molecule has 3 fully saturated rings. The molecule has 8 rings (SSSR count). The Hall–Kier alpha value is -5.75. The van der Waals surface area contributed by atoms with Gasteiger partial charge in [-0.3, -0.25) is 14.4 Å². The van der Waals surface area contributed by atoms with Crippen molar-refractivity contribution >= 4 is 28.5 Å². The van der Waals surface area contributed by atoms with E-state index in [0.29, 0.717) is 0 Å². The van der Waals surface area contributed by atoms with Gasteiger partial charge in [0.2, 0.25) is 23.8 Å². The fourth-order valence-corrected chi connectivity index (χ4v) is 7.97. The van der Waals surface area contributed by atoms with Gasteiger partial charge in [0.05, 0.1) is 19.6 Å². The largest absolute Gasteiger partial charge is 0.508 e. The number of fused-ring (bicyclic) bond motifs is 2. The van der Waals surface area contributed by atoms with Gasteiger partial charge in [0.1, 0.15) is 90.1 Å². The van der Waals surface area contributed by atoms with Gasteiger partial charge in [0.25, 0.3) is 5.91 Å². The lowest BCUT2D eigenvalue weighted by atomic mass is 9.92. The zero-order valence-electron chi connectivity index (χ0n) is 34.4. The van der Waals surface area contributed by atoms with E-state index in [4.69, 9.17) is 37.6 Å². The van der Waals surface area contributed by atoms with E-state index in [0.717, 1.165) is 30.3 Å². The number of aromatic hydroxyl groups is 3. The highest BCUT2D eigenvalue weighted by molar-refractivity contribution is 6.06. The van der Waals surface area contributed by atoms with Crippen molar-refractivity contribution in [2.45, 2.75) is 98.0 Å². The quantitative estimate of drug-likeness (QED) is 0.0605. The molecule has 25 nitrogen and oxygen atoms in total. The Morgan fingerprint density at radius 3 is 2.21 bits per heavy atom. The molecule has 0 bridgehead atoms. The van der Waals surface area contributed by atoms with Crippen LogP contribution < -0.4 is 20.2 Å². The van der Waals surface area contributed by atoms with Crippen LogP contribution in [-0.4, -0.2) is 184 Å². The van der Waals surface area contributed by atoms with Crippen LogP contribution in [0.5, 0.6) is 28.7 Å². The maximum Gasteiger partial charge on any atom is 0.309 e. The molecule has 362 valence electrons. The summed E-state index contributed by atoms with van der Waals surface area (Å²) in [6.45, 7) is -2.31. The van der Waals surface area contributed by atoms with Crippen molar-refractivity contribution in [3.05, 3.63) is 70.4 Å². The maximum atomic E-state index is 14.3. The Balaban J connectivity index is 1.08. The SMILES string of the molecule is O=C(CC1(O)C(=O)Nc2ccccc21)OC[C@H]1O[C@@H](Oc2cc(-c3oc4cc(O)cc(O)c4c(=O)c3O[C@@H]3O[C@H](CO)[C@@H](O)[C@H](O)[C@H]3O[C@@H]3OC[C@@H](O)[C@H](O)[C@H]3O)ccc2O)[C@H](O)[C@@H](O)[C@@H]1O. The van der Waals surface area contributed by atoms with Crippen LogP contribution in [0.3, 0.4) is 0 Å². The zero-order chi connectivity index (χ0) is 48.2. The Bertz CT molecular complexity index is 2550. The summed E-state index contributed by atoms with van der Waals surface area (Å²) in [4.78, 5) is 39.8. The topological polar surface area (TPSA) is 404 Å². The van der Waals surface area contributed by atoms with E-state index in [1.807, 2.05) is 0 Å². The second-order valence-electron chi connectivity index (χ2n) is 16.1. The number of anilines is 1. The summed E-state index contributed by atoms with van der Waals surface area (Å²) in [6, 6.07) is 11.0. The van der Waals surface area contributed by atoms with Gasteiger partial charge < -0.3 is 109 Å². The standard InChI is InChI=1S/C42H45NO24/c44-11-23-28(51)32(55)37(67-38-33(56)27(50)20(48)12-61-38)40(64-23)66-36-30(53)26-19(47)8-15(45)9-22(26)62-35(36)14-5-6-18(46)21(7-14)63-39-34(57)31(54)29(52)24(65-39)13-60-25(49)10-42(59)16-3-1-2-4-17(16)43-41(42)58/h1-9,20,23-24,27-29,31-34,37-40,44-48,50-52,54-57,59H,10-13H2,(H,43,58)/t20-,23-,24-,27+,28-,29-,31+,32+,33-,34-,37-,38+,39-,40+,42?/m1/s1. The molecule has 4 aromatic rings. The first kappa shape index (κ1) is 47.7. The number of hydrogen-bond donors (Lipinski definition) is 14. The van der Waals surface area contributed by atoms with Crippen LogP contribution in [0.15, 0.2) is 63.8 Å². The number of carbonyl (C=O) groups excluding carboxylic acids is 2. The maximum absolute atomic E-state index is 14.3. The van der Waals surface area contributed by atoms with Crippen LogP contribution in [0.1, 0.15) is 12.0 Å². The lowest BCUT2D eigenvalue weighted by molar-refractivity contribution is -0.345. The van der Waals surface area contributed by atoms with Gasteiger partial charge in [-0.15, -0.1) is 0 Å². The molecule has 0 aliphatic carbocycles. The fourth-order valence-electron chi connectivity index (χ4n) is 7.97. The third-order valence-corrected chi connectivity index (χ3v) is 11.7. The molecule has 15 atom stereocenters. The minimum Gasteiger partial charge on any atom is -0.508 e. The molecule has 67 heavy (non-hydrogen) atoms. The summed E-state index contributed by atoms with van der Waals surface area (Å²) in [7, 11) is 0. The molecular formula is C42H45NO24. The molecule has 5 heterocycles. The number of benzene rings is 3. The summed E-state index contributed by atoms with van der Waals surface area (Å²) < 4.78 is 45.2. The fraction of sp³-hybridized carbons (Fsp3) is 0.452. The molecule has 1 aromatic heterocycles. The number of hydrogen-bond acceptors (Lipinski definition) is 24. The van der Waals surface area contributed by atoms with Crippen LogP contribution in [0.25, 0.3) is 22.3 Å². The Morgan fingerprint density at radius 2 is 1.46 bits per heavy atom. The van der Waals surface area contributed by atoms with Crippen molar-refractivity contribution in [2.75, 3.05) is 25.1 Å². The lowest BCUT2D eigenvalue weighted by Crippen LogP contribution is -2.64. The third kappa shape index (κ3) is 8.94. The van der Waals surface area contributed by atoms with Crippen LogP contribution in [-0.2, 0) is 38.9 Å². The van der Waals surface area contributed by atoms with Gasteiger partial charge in [-0.05, 0) is 24.3 Å². The van der Waals surface area contributed by atoms with Gasteiger partial charge in [-0.1, -0.05) is 18.2 Å². The van der Waals surface area contributed by atoms with E-state index < -0.39 is 181 Å². The van der Waals surface area contributed by atoms with Gasteiger partial charge >= 0.3 is 5.97 Å². The van der Waals surface area contributed by atoms with Crippen LogP contribution in [0.2, 0.25) is 0 Å². The van der Waals surface area contributed by atoms with Gasteiger partial charge in [0, 0.05) is 28.9 Å². The molecular weight excluding hydrogens is 902 g/mol. The van der Waals surface area contributed by atoms with E-state index in [-0.39, 0.29) is 16.8 Å². The molecule has 1 unspecified atom stereocenters. The molecule has 3 aromatic carbocycles. The number of ether oxygens (including phenoxy) is 7. The first-order chi connectivity index (χ1) is 31.8. The van der Waals surface area contributed by atoms with Crippen molar-refractivity contribution < 1.29 is 114 Å². The first-order valence-corrected chi connectivity index (χ1v) is 20.4. The van der Waals surface area contributed by atoms with Crippen molar-refractivity contribution in [3.8, 4) is 40.1 Å². The Morgan fingerprint density at radius 1 is 0.761 bits per heavy atom. The van der Waals surface area contributed by atoms with Crippen LogP contribution >= 0.6 is 0 Å². The normalized spacial score (nSPS) is 34.0. The van der Waals surface area contributed by atoms with E-state index in [2.05, 4.69) is 5.32 Å². The molecule has 4 aliphatic heterocycles. The highest BCUT2D eigenvalue weighted by atomic mass is 16.8. The van der Waals surface area contributed by atoms with Crippen molar-refractivity contribution in [1.29, 1.82) is 0 Å². The highest BCUT2D eigenvalue weighted by Gasteiger charge is 2.52. The summed E-state index contributed by atoms with van der Waals surface area (Å²) in [5, 5.41) is 140. The summed E-state index contributed by atoms with van der Waals surface area (Å²) in [6.07, 6.45) is -27.0. The van der Waals surface area contributed by atoms with Crippen molar-refractivity contribution in [1.82, 2.24) is 0 Å². The summed E-state index contributed by atoms with van der Waals surface area (Å²) >= 11 is 0. The zero-order valence-corrected chi connectivity index (χ0v) is 34.4. The smallest absolute Gasteiger partial charge is 0.309 e. The monoisotopic (exact) mass is 947 g/mol. The number of carbonyl (C=O) groups is 2. The average Bonchev–Trinajstić information content (AvgIpc) is 3.54. The lowest BCUT2D eigenvalue weighted by Gasteiger charge is -2.44. The molecule has 3 saturated heterocycles. The third-order valence-electron chi connectivity index (χ3n) is 11.7. The van der Waals surface area contributed by atoms with E-state index in [1.54, 1.807) is 6.07 Å². The number of para-hydroxylation sites is 1. The molecule has 0 spiro atoms. The van der Waals surface area contributed by atoms with Gasteiger partial charge in [-0.25, -0.2) is 0 Å². The van der Waals surface area contributed by atoms with E-state index in [1.165, 1.54) is 18.2 Å². The number of phenols is 3. The number of aliphatic hydroxyl groups is 10. The van der Waals surface area contributed by atoms with E-state index >= 15 is 0 Å². The summed E-state index contributed by atoms with van der Waals surface area (Å²) in [5.41, 5.74) is -3.76. The highest BCUT2D eigenvalue weighted by Crippen LogP contribution is 2.42.